The lowest BCUT2D eigenvalue weighted by molar-refractivity contribution is -0.142. The largest absolute Gasteiger partial charge is 0.497 e. The fourth-order valence-electron chi connectivity index (χ4n) is 2.92. The van der Waals surface area contributed by atoms with Crippen molar-refractivity contribution >= 4 is 17.7 Å². The number of Topliss-reactive ketones (excluding diaryl/α,β-unsaturated/α-hetero) is 1. The third-order valence-corrected chi connectivity index (χ3v) is 4.73. The number of ether oxygens (including phenoxy) is 1. The number of carboxylic acid groups (broad SMARTS) is 1. The first-order valence-corrected chi connectivity index (χ1v) is 9.09. The number of aliphatic carboxylic acids is 1. The Balaban J connectivity index is 1.91. The van der Waals surface area contributed by atoms with Gasteiger partial charge in [0.05, 0.1) is 7.11 Å². The van der Waals surface area contributed by atoms with Crippen LogP contribution >= 0.6 is 0 Å². The Kier molecular flexibility index (Phi) is 7.32. The standard InChI is InChI=1S/C22H25NO5/c1-14-6-4-7-18(15(14)2)21(22(26)27)23-20(25)9-5-8-19(24)16-10-12-17(28-3)13-11-16/h4,6-7,10-13,21H,5,8-9H2,1-3H3,(H,23,25)(H,26,27). The van der Waals surface area contributed by atoms with Crippen molar-refractivity contribution in [3.8, 4) is 5.75 Å². The van der Waals surface area contributed by atoms with Gasteiger partial charge in [-0.15, -0.1) is 0 Å². The molecule has 1 unspecified atom stereocenters. The van der Waals surface area contributed by atoms with E-state index in [-0.39, 0.29) is 18.6 Å². The zero-order valence-electron chi connectivity index (χ0n) is 16.3. The summed E-state index contributed by atoms with van der Waals surface area (Å²) in [7, 11) is 1.55. The van der Waals surface area contributed by atoms with Crippen LogP contribution in [0.3, 0.4) is 0 Å². The molecule has 6 heteroatoms. The van der Waals surface area contributed by atoms with Crippen LogP contribution in [-0.2, 0) is 9.59 Å². The first-order chi connectivity index (χ1) is 13.3. The fraction of sp³-hybridized carbons (Fsp3) is 0.318. The molecule has 1 amide bonds. The number of nitrogens with one attached hydrogen (secondary N) is 1. The summed E-state index contributed by atoms with van der Waals surface area (Å²) >= 11 is 0. The lowest BCUT2D eigenvalue weighted by Gasteiger charge is -2.18. The predicted molar refractivity (Wildman–Crippen MR) is 106 cm³/mol. The Hall–Kier alpha value is -3.15. The van der Waals surface area contributed by atoms with E-state index in [0.29, 0.717) is 23.3 Å². The Labute approximate surface area is 164 Å². The number of amides is 1. The number of aryl methyl sites for hydroxylation is 1. The van der Waals surface area contributed by atoms with E-state index in [1.54, 1.807) is 43.5 Å². The van der Waals surface area contributed by atoms with Gasteiger partial charge >= 0.3 is 5.97 Å². The number of hydrogen-bond donors (Lipinski definition) is 2. The van der Waals surface area contributed by atoms with Gasteiger partial charge < -0.3 is 15.2 Å². The van der Waals surface area contributed by atoms with Crippen LogP contribution in [0.1, 0.15) is 52.4 Å². The second-order valence-corrected chi connectivity index (χ2v) is 6.63. The summed E-state index contributed by atoms with van der Waals surface area (Å²) < 4.78 is 5.06. The number of hydrogen-bond acceptors (Lipinski definition) is 4. The molecule has 2 rings (SSSR count). The molecule has 0 bridgehead atoms. The highest BCUT2D eigenvalue weighted by atomic mass is 16.5. The Morgan fingerprint density at radius 2 is 1.71 bits per heavy atom. The topological polar surface area (TPSA) is 92.7 Å². The second-order valence-electron chi connectivity index (χ2n) is 6.63. The smallest absolute Gasteiger partial charge is 0.330 e. The molecule has 0 aromatic heterocycles. The molecule has 2 aromatic carbocycles. The van der Waals surface area contributed by atoms with Crippen LogP contribution in [0, 0.1) is 13.8 Å². The van der Waals surface area contributed by atoms with Crippen LogP contribution in [0.5, 0.6) is 5.75 Å². The van der Waals surface area contributed by atoms with E-state index in [4.69, 9.17) is 4.74 Å². The Bertz CT molecular complexity index is 858. The molecule has 28 heavy (non-hydrogen) atoms. The normalized spacial score (nSPS) is 11.5. The van der Waals surface area contributed by atoms with Crippen molar-refractivity contribution in [3.05, 3.63) is 64.7 Å². The number of ketones is 1. The minimum absolute atomic E-state index is 0.0697. The molecule has 148 valence electrons. The number of carbonyl (C=O) groups excluding carboxylic acids is 2. The summed E-state index contributed by atoms with van der Waals surface area (Å²) in [5.41, 5.74) is 2.92. The zero-order chi connectivity index (χ0) is 20.7. The average Bonchev–Trinajstić information content (AvgIpc) is 2.68. The van der Waals surface area contributed by atoms with E-state index in [9.17, 15) is 19.5 Å². The molecule has 0 saturated carbocycles. The Morgan fingerprint density at radius 3 is 2.32 bits per heavy atom. The van der Waals surface area contributed by atoms with Gasteiger partial charge in [-0.05, 0) is 61.2 Å². The van der Waals surface area contributed by atoms with Gasteiger partial charge in [-0.25, -0.2) is 4.79 Å². The minimum atomic E-state index is -1.11. The molecular formula is C22H25NO5. The molecule has 1 atom stereocenters. The highest BCUT2D eigenvalue weighted by Gasteiger charge is 2.24. The summed E-state index contributed by atoms with van der Waals surface area (Å²) in [5.74, 6) is -0.908. The van der Waals surface area contributed by atoms with Crippen LogP contribution in [0.2, 0.25) is 0 Å². The van der Waals surface area contributed by atoms with Crippen LogP contribution < -0.4 is 10.1 Å². The summed E-state index contributed by atoms with van der Waals surface area (Å²) in [6.07, 6.45) is 0.632. The lowest BCUT2D eigenvalue weighted by Crippen LogP contribution is -2.34. The number of carbonyl (C=O) groups is 3. The molecule has 0 aliphatic heterocycles. The highest BCUT2D eigenvalue weighted by Crippen LogP contribution is 2.21. The van der Waals surface area contributed by atoms with Gasteiger partial charge in [-0.3, -0.25) is 9.59 Å². The minimum Gasteiger partial charge on any atom is -0.497 e. The number of rotatable bonds is 9. The number of carboxylic acids is 1. The maximum atomic E-state index is 12.2. The van der Waals surface area contributed by atoms with Crippen LogP contribution in [-0.4, -0.2) is 29.9 Å². The van der Waals surface area contributed by atoms with Crippen LogP contribution in [0.4, 0.5) is 0 Å². The van der Waals surface area contributed by atoms with Crippen molar-refractivity contribution in [2.75, 3.05) is 7.11 Å². The van der Waals surface area contributed by atoms with Gasteiger partial charge in [0, 0.05) is 18.4 Å². The van der Waals surface area contributed by atoms with E-state index in [1.165, 1.54) is 0 Å². The van der Waals surface area contributed by atoms with Gasteiger partial charge in [0.2, 0.25) is 5.91 Å². The van der Waals surface area contributed by atoms with Crippen molar-refractivity contribution in [1.82, 2.24) is 5.32 Å². The first kappa shape index (κ1) is 21.2. The molecule has 0 saturated heterocycles. The van der Waals surface area contributed by atoms with Gasteiger partial charge in [0.1, 0.15) is 5.75 Å². The van der Waals surface area contributed by atoms with Crippen molar-refractivity contribution in [2.45, 2.75) is 39.2 Å². The molecule has 0 aliphatic rings. The molecule has 0 spiro atoms. The average molecular weight is 383 g/mol. The van der Waals surface area contributed by atoms with E-state index in [1.807, 2.05) is 19.9 Å². The maximum Gasteiger partial charge on any atom is 0.330 e. The molecule has 0 fully saturated rings. The van der Waals surface area contributed by atoms with Crippen LogP contribution in [0.15, 0.2) is 42.5 Å². The quantitative estimate of drug-likeness (QED) is 0.645. The highest BCUT2D eigenvalue weighted by molar-refractivity contribution is 5.96. The number of benzene rings is 2. The maximum absolute atomic E-state index is 12.2. The van der Waals surface area contributed by atoms with E-state index < -0.39 is 17.9 Å². The predicted octanol–water partition coefficient (Wildman–Crippen LogP) is 3.61. The fourth-order valence-corrected chi connectivity index (χ4v) is 2.92. The molecule has 0 aliphatic carbocycles. The van der Waals surface area contributed by atoms with E-state index >= 15 is 0 Å². The van der Waals surface area contributed by atoms with Crippen molar-refractivity contribution in [2.24, 2.45) is 0 Å². The summed E-state index contributed by atoms with van der Waals surface area (Å²) in [5, 5.41) is 12.1. The van der Waals surface area contributed by atoms with Gasteiger partial charge in [-0.2, -0.15) is 0 Å². The summed E-state index contributed by atoms with van der Waals surface area (Å²) in [4.78, 5) is 36.1. The summed E-state index contributed by atoms with van der Waals surface area (Å²) in [6.45, 7) is 3.73. The van der Waals surface area contributed by atoms with Crippen molar-refractivity contribution in [1.29, 1.82) is 0 Å². The molecule has 6 nitrogen and oxygen atoms in total. The first-order valence-electron chi connectivity index (χ1n) is 9.09. The van der Waals surface area contributed by atoms with Crippen molar-refractivity contribution in [3.63, 3.8) is 0 Å². The molecule has 2 N–H and O–H groups in total. The number of methoxy groups -OCH3 is 1. The molecule has 0 heterocycles. The SMILES string of the molecule is COc1ccc(C(=O)CCCC(=O)NC(C(=O)O)c2cccc(C)c2C)cc1. The van der Waals surface area contributed by atoms with E-state index in [2.05, 4.69) is 5.32 Å². The van der Waals surface area contributed by atoms with Crippen LogP contribution in [0.25, 0.3) is 0 Å². The lowest BCUT2D eigenvalue weighted by atomic mass is 9.97. The van der Waals surface area contributed by atoms with Crippen molar-refractivity contribution < 1.29 is 24.2 Å². The van der Waals surface area contributed by atoms with E-state index in [0.717, 1.165) is 11.1 Å². The Morgan fingerprint density at radius 1 is 1.04 bits per heavy atom. The molecule has 2 aromatic rings. The molecular weight excluding hydrogens is 358 g/mol. The third kappa shape index (κ3) is 5.42. The van der Waals surface area contributed by atoms with Gasteiger partial charge in [0.15, 0.2) is 11.8 Å². The summed E-state index contributed by atoms with van der Waals surface area (Å²) in [6, 6.07) is 11.0. The van der Waals surface area contributed by atoms with Gasteiger partial charge in [-0.1, -0.05) is 18.2 Å². The van der Waals surface area contributed by atoms with Gasteiger partial charge in [0.25, 0.3) is 0 Å². The monoisotopic (exact) mass is 383 g/mol. The zero-order valence-corrected chi connectivity index (χ0v) is 16.3. The second kappa shape index (κ2) is 9.69. The molecule has 0 radical (unpaired) electrons. The third-order valence-electron chi connectivity index (χ3n) is 4.73.